The fourth-order valence-corrected chi connectivity index (χ4v) is 3.22. The van der Waals surface area contributed by atoms with E-state index >= 15 is 0 Å². The zero-order valence-electron chi connectivity index (χ0n) is 13.7. The van der Waals surface area contributed by atoms with Crippen LogP contribution in [0, 0.1) is 0 Å². The van der Waals surface area contributed by atoms with E-state index in [2.05, 4.69) is 43.0 Å². The van der Waals surface area contributed by atoms with Crippen LogP contribution in [0.5, 0.6) is 0 Å². The highest BCUT2D eigenvalue weighted by Crippen LogP contribution is 2.36. The van der Waals surface area contributed by atoms with Gasteiger partial charge in [-0.05, 0) is 50.0 Å². The van der Waals surface area contributed by atoms with Gasteiger partial charge in [-0.15, -0.1) is 24.8 Å². The van der Waals surface area contributed by atoms with Crippen molar-refractivity contribution >= 4 is 24.8 Å². The van der Waals surface area contributed by atoms with Crippen LogP contribution in [0.3, 0.4) is 0 Å². The third kappa shape index (κ3) is 4.84. The number of nitrogens with two attached hydrogens (primary N) is 1. The number of fused-ring (bicyclic) bond motifs is 1. The van der Waals surface area contributed by atoms with Crippen molar-refractivity contribution < 1.29 is 4.74 Å². The van der Waals surface area contributed by atoms with E-state index in [4.69, 9.17) is 10.5 Å². The Morgan fingerprint density at radius 1 is 1.18 bits per heavy atom. The van der Waals surface area contributed by atoms with Crippen LogP contribution in [0.1, 0.15) is 37.8 Å². The molecule has 1 aromatic carbocycles. The van der Waals surface area contributed by atoms with Gasteiger partial charge < -0.3 is 15.4 Å². The highest BCUT2D eigenvalue weighted by Gasteiger charge is 2.35. The molecular formula is C17H30Cl2N2O. The van der Waals surface area contributed by atoms with Gasteiger partial charge in [0.25, 0.3) is 0 Å². The van der Waals surface area contributed by atoms with Crippen molar-refractivity contribution in [3.63, 3.8) is 0 Å². The smallest absolute Gasteiger partial charge is 0.106 e. The molecule has 22 heavy (non-hydrogen) atoms. The van der Waals surface area contributed by atoms with Gasteiger partial charge in [0.2, 0.25) is 0 Å². The predicted molar refractivity (Wildman–Crippen MR) is 98.3 cm³/mol. The molecule has 0 aliphatic carbocycles. The minimum atomic E-state index is -0.262. The first-order chi connectivity index (χ1) is 9.75. The van der Waals surface area contributed by atoms with Gasteiger partial charge in [-0.3, -0.25) is 0 Å². The van der Waals surface area contributed by atoms with Crippen molar-refractivity contribution in [3.05, 3.63) is 35.4 Å². The molecule has 0 bridgehead atoms. The molecule has 2 rings (SSSR count). The van der Waals surface area contributed by atoms with E-state index in [0.717, 1.165) is 45.5 Å². The topological polar surface area (TPSA) is 38.5 Å². The summed E-state index contributed by atoms with van der Waals surface area (Å²) in [6.45, 7) is 9.15. The van der Waals surface area contributed by atoms with Crippen LogP contribution >= 0.6 is 24.8 Å². The van der Waals surface area contributed by atoms with E-state index in [1.54, 1.807) is 0 Å². The molecule has 1 atom stereocenters. The van der Waals surface area contributed by atoms with Gasteiger partial charge >= 0.3 is 0 Å². The second-order valence-corrected chi connectivity index (χ2v) is 5.58. The number of benzene rings is 1. The first-order valence-electron chi connectivity index (χ1n) is 7.90. The average molecular weight is 349 g/mol. The third-order valence-corrected chi connectivity index (χ3v) is 4.54. The van der Waals surface area contributed by atoms with E-state index in [0.29, 0.717) is 6.54 Å². The predicted octanol–water partition coefficient (Wildman–Crippen LogP) is 3.38. The summed E-state index contributed by atoms with van der Waals surface area (Å²) in [7, 11) is 0. The van der Waals surface area contributed by atoms with Crippen molar-refractivity contribution in [1.29, 1.82) is 0 Å². The number of halogens is 2. The van der Waals surface area contributed by atoms with Crippen molar-refractivity contribution in [2.75, 3.05) is 32.8 Å². The summed E-state index contributed by atoms with van der Waals surface area (Å²) in [4.78, 5) is 2.46. The molecule has 0 radical (unpaired) electrons. The van der Waals surface area contributed by atoms with E-state index in [1.165, 1.54) is 11.1 Å². The average Bonchev–Trinajstić information content (AvgIpc) is 2.51. The maximum Gasteiger partial charge on any atom is 0.106 e. The quantitative estimate of drug-likeness (QED) is 0.820. The third-order valence-electron chi connectivity index (χ3n) is 4.54. The number of rotatable bonds is 7. The molecular weight excluding hydrogens is 319 g/mol. The Balaban J connectivity index is 0.00000220. The Bertz CT molecular complexity index is 427. The summed E-state index contributed by atoms with van der Waals surface area (Å²) < 4.78 is 6.15. The minimum absolute atomic E-state index is 0. The lowest BCUT2D eigenvalue weighted by atomic mass is 9.83. The lowest BCUT2D eigenvalue weighted by molar-refractivity contribution is -0.0617. The normalized spacial score (nSPS) is 20.0. The van der Waals surface area contributed by atoms with Gasteiger partial charge in [-0.25, -0.2) is 0 Å². The molecule has 0 saturated carbocycles. The number of hydrogen-bond donors (Lipinski definition) is 1. The summed E-state index contributed by atoms with van der Waals surface area (Å²) in [5.74, 6) is 0. The van der Waals surface area contributed by atoms with Gasteiger partial charge in [-0.1, -0.05) is 38.1 Å². The van der Waals surface area contributed by atoms with E-state index < -0.39 is 0 Å². The van der Waals surface area contributed by atoms with E-state index in [-0.39, 0.29) is 30.4 Å². The summed E-state index contributed by atoms with van der Waals surface area (Å²) in [5, 5.41) is 0. The lowest BCUT2D eigenvalue weighted by Crippen LogP contribution is -2.42. The number of ether oxygens (including phenoxy) is 1. The maximum absolute atomic E-state index is 6.15. The van der Waals surface area contributed by atoms with Gasteiger partial charge in [0.05, 0.1) is 6.61 Å². The fourth-order valence-electron chi connectivity index (χ4n) is 3.22. The zero-order chi connectivity index (χ0) is 14.4. The second kappa shape index (κ2) is 10.5. The molecule has 0 amide bonds. The maximum atomic E-state index is 6.15. The molecule has 2 N–H and O–H groups in total. The highest BCUT2D eigenvalue weighted by atomic mass is 35.5. The zero-order valence-corrected chi connectivity index (χ0v) is 15.3. The van der Waals surface area contributed by atoms with Gasteiger partial charge in [0, 0.05) is 6.54 Å². The molecule has 1 heterocycles. The van der Waals surface area contributed by atoms with Crippen LogP contribution in [0.15, 0.2) is 24.3 Å². The van der Waals surface area contributed by atoms with Crippen LogP contribution in [0.25, 0.3) is 0 Å². The minimum Gasteiger partial charge on any atom is -0.369 e. The Labute approximate surface area is 147 Å². The largest absolute Gasteiger partial charge is 0.369 e. The van der Waals surface area contributed by atoms with Crippen molar-refractivity contribution in [3.8, 4) is 0 Å². The van der Waals surface area contributed by atoms with E-state index in [1.807, 2.05) is 0 Å². The number of nitrogens with zero attached hydrogens (tertiary/aromatic N) is 1. The molecule has 0 saturated heterocycles. The van der Waals surface area contributed by atoms with Crippen molar-refractivity contribution in [2.45, 2.75) is 38.7 Å². The van der Waals surface area contributed by atoms with Crippen LogP contribution in [-0.4, -0.2) is 37.7 Å². The Hall–Kier alpha value is -0.320. The van der Waals surface area contributed by atoms with Crippen LogP contribution < -0.4 is 5.73 Å². The van der Waals surface area contributed by atoms with E-state index in [9.17, 15) is 0 Å². The summed E-state index contributed by atoms with van der Waals surface area (Å²) in [6, 6.07) is 8.62. The molecule has 0 spiro atoms. The standard InChI is InChI=1S/C17H28N2O.2ClH/c1-3-19(4-2)12-7-11-17(14-18)16-9-6-5-8-15(16)10-13-20-17;;/h5-6,8-9H,3-4,7,10-14,18H2,1-2H3;2*1H. The summed E-state index contributed by atoms with van der Waals surface area (Å²) in [5.41, 5.74) is 8.56. The molecule has 5 heteroatoms. The molecule has 0 aromatic heterocycles. The number of hydrogen-bond acceptors (Lipinski definition) is 3. The SMILES string of the molecule is CCN(CC)CCCC1(CN)OCCc2ccccc21.Cl.Cl. The fraction of sp³-hybridized carbons (Fsp3) is 0.647. The van der Waals surface area contributed by atoms with Crippen molar-refractivity contribution in [1.82, 2.24) is 4.90 Å². The molecule has 128 valence electrons. The van der Waals surface area contributed by atoms with Crippen LogP contribution in [0.4, 0.5) is 0 Å². The van der Waals surface area contributed by atoms with Gasteiger partial charge in [-0.2, -0.15) is 0 Å². The Kier molecular flexibility index (Phi) is 10.3. The monoisotopic (exact) mass is 348 g/mol. The van der Waals surface area contributed by atoms with Crippen LogP contribution in [0.2, 0.25) is 0 Å². The first-order valence-corrected chi connectivity index (χ1v) is 7.90. The lowest BCUT2D eigenvalue weighted by Gasteiger charge is -2.39. The van der Waals surface area contributed by atoms with Crippen molar-refractivity contribution in [2.24, 2.45) is 5.73 Å². The molecule has 1 aromatic rings. The van der Waals surface area contributed by atoms with Gasteiger partial charge in [0.15, 0.2) is 0 Å². The summed E-state index contributed by atoms with van der Waals surface area (Å²) >= 11 is 0. The second-order valence-electron chi connectivity index (χ2n) is 5.58. The molecule has 0 fully saturated rings. The first kappa shape index (κ1) is 21.7. The Morgan fingerprint density at radius 3 is 2.50 bits per heavy atom. The van der Waals surface area contributed by atoms with Gasteiger partial charge in [0.1, 0.15) is 5.60 Å². The molecule has 1 aliphatic heterocycles. The Morgan fingerprint density at radius 2 is 1.86 bits per heavy atom. The molecule has 3 nitrogen and oxygen atoms in total. The molecule has 1 aliphatic rings. The highest BCUT2D eigenvalue weighted by molar-refractivity contribution is 5.85. The summed E-state index contributed by atoms with van der Waals surface area (Å²) in [6.07, 6.45) is 3.15. The van der Waals surface area contributed by atoms with Crippen LogP contribution in [-0.2, 0) is 16.8 Å². The molecule has 1 unspecified atom stereocenters.